The van der Waals surface area contributed by atoms with Crippen molar-refractivity contribution in [2.75, 3.05) is 6.61 Å². The Morgan fingerprint density at radius 2 is 1.32 bits per heavy atom. The molecule has 5 unspecified atom stereocenters. The van der Waals surface area contributed by atoms with Crippen LogP contribution in [0.1, 0.15) is 69.8 Å². The Labute approximate surface area is 184 Å². The number of benzene rings is 1. The number of hydrogen-bond donors (Lipinski definition) is 0. The van der Waals surface area contributed by atoms with Gasteiger partial charge in [-0.2, -0.15) is 0 Å². The van der Waals surface area contributed by atoms with Crippen LogP contribution in [0.4, 0.5) is 0 Å². The molecule has 0 amide bonds. The van der Waals surface area contributed by atoms with Crippen LogP contribution < -0.4 is 0 Å². The first-order valence-electron chi connectivity index (χ1n) is 12.2. The highest BCUT2D eigenvalue weighted by molar-refractivity contribution is 5.13. The molecular formula is C25H34O6. The fourth-order valence-electron chi connectivity index (χ4n) is 6.04. The van der Waals surface area contributed by atoms with Gasteiger partial charge in [0.2, 0.25) is 0 Å². The molecule has 6 rings (SSSR count). The number of hydrogen-bond acceptors (Lipinski definition) is 6. The highest BCUT2D eigenvalue weighted by Crippen LogP contribution is 2.50. The Morgan fingerprint density at radius 3 is 2.03 bits per heavy atom. The van der Waals surface area contributed by atoms with Gasteiger partial charge in [-0.3, -0.25) is 0 Å². The largest absolute Gasteiger partial charge is 0.374 e. The summed E-state index contributed by atoms with van der Waals surface area (Å²) in [5, 5.41) is 0. The van der Waals surface area contributed by atoms with E-state index in [0.29, 0.717) is 13.2 Å². The van der Waals surface area contributed by atoms with E-state index in [1.54, 1.807) is 0 Å². The highest BCUT2D eigenvalue weighted by Gasteiger charge is 2.63. The lowest BCUT2D eigenvalue weighted by atomic mass is 9.94. The van der Waals surface area contributed by atoms with Gasteiger partial charge in [-0.05, 0) is 31.2 Å². The van der Waals surface area contributed by atoms with Gasteiger partial charge in [0.1, 0.15) is 24.4 Å². The van der Waals surface area contributed by atoms with Crippen LogP contribution in [0.5, 0.6) is 0 Å². The number of ether oxygens (including phenoxy) is 6. The van der Waals surface area contributed by atoms with Crippen LogP contribution in [0.2, 0.25) is 0 Å². The summed E-state index contributed by atoms with van der Waals surface area (Å²) in [6, 6.07) is 10.2. The first-order valence-corrected chi connectivity index (χ1v) is 12.2. The highest BCUT2D eigenvalue weighted by atomic mass is 16.9. The van der Waals surface area contributed by atoms with E-state index in [1.165, 1.54) is 12.8 Å². The van der Waals surface area contributed by atoms with Gasteiger partial charge in [0.05, 0.1) is 13.2 Å². The molecule has 1 aromatic rings. The normalized spacial score (nSPS) is 38.3. The van der Waals surface area contributed by atoms with Crippen LogP contribution in [-0.2, 0) is 35.0 Å². The molecule has 0 bridgehead atoms. The molecule has 31 heavy (non-hydrogen) atoms. The van der Waals surface area contributed by atoms with E-state index in [2.05, 4.69) is 12.1 Å². The summed E-state index contributed by atoms with van der Waals surface area (Å²) in [6.45, 7) is 1.01. The maximum Gasteiger partial charge on any atom is 0.190 e. The smallest absolute Gasteiger partial charge is 0.190 e. The fourth-order valence-corrected chi connectivity index (χ4v) is 6.04. The lowest BCUT2D eigenvalue weighted by Crippen LogP contribution is -2.56. The third kappa shape index (κ3) is 3.96. The number of fused-ring (bicyclic) bond motifs is 3. The standard InChI is InChI=1S/C25H34O6/c1-4-10-18(11-5-1)16-26-17-19-20-21(29-24(28-20)12-6-2-7-13-24)22-23(27-19)31-25(30-22)14-8-3-9-15-25/h1,4-5,10-11,19-23H,2-3,6-9,12-17H2. The van der Waals surface area contributed by atoms with Crippen LogP contribution in [0, 0.1) is 0 Å². The Kier molecular flexibility index (Phi) is 5.57. The number of rotatable bonds is 4. The minimum atomic E-state index is -0.510. The monoisotopic (exact) mass is 430 g/mol. The van der Waals surface area contributed by atoms with Crippen molar-refractivity contribution < 1.29 is 28.4 Å². The summed E-state index contributed by atoms with van der Waals surface area (Å²) in [7, 11) is 0. The zero-order valence-corrected chi connectivity index (χ0v) is 18.2. The quantitative estimate of drug-likeness (QED) is 0.704. The minimum Gasteiger partial charge on any atom is -0.374 e. The SMILES string of the molecule is c1ccc(COCC2OC3OC4(CCCCC4)OC3C3OC4(CCCCC4)OC23)cc1. The summed E-state index contributed by atoms with van der Waals surface area (Å²) < 4.78 is 38.8. The lowest BCUT2D eigenvalue weighted by Gasteiger charge is -2.37. The zero-order valence-electron chi connectivity index (χ0n) is 18.2. The van der Waals surface area contributed by atoms with Crippen molar-refractivity contribution in [3.63, 3.8) is 0 Å². The summed E-state index contributed by atoms with van der Waals surface area (Å²) in [5.74, 6) is -1.00. The van der Waals surface area contributed by atoms with Crippen molar-refractivity contribution in [1.29, 1.82) is 0 Å². The molecule has 5 fully saturated rings. The second kappa shape index (κ2) is 8.40. The van der Waals surface area contributed by atoms with E-state index < -0.39 is 17.9 Å². The predicted molar refractivity (Wildman–Crippen MR) is 112 cm³/mol. The van der Waals surface area contributed by atoms with E-state index in [0.717, 1.165) is 56.9 Å². The summed E-state index contributed by atoms with van der Waals surface area (Å²) >= 11 is 0. The van der Waals surface area contributed by atoms with Gasteiger partial charge in [0.25, 0.3) is 0 Å². The molecule has 3 heterocycles. The molecule has 2 saturated carbocycles. The second-order valence-corrected chi connectivity index (χ2v) is 9.85. The molecule has 2 aliphatic carbocycles. The van der Waals surface area contributed by atoms with Crippen molar-refractivity contribution in [3.05, 3.63) is 35.9 Å². The van der Waals surface area contributed by atoms with E-state index in [-0.39, 0.29) is 24.4 Å². The maximum atomic E-state index is 6.67. The third-order valence-corrected chi connectivity index (χ3v) is 7.60. The molecule has 6 nitrogen and oxygen atoms in total. The van der Waals surface area contributed by atoms with Gasteiger partial charge in [-0.1, -0.05) is 43.2 Å². The van der Waals surface area contributed by atoms with Gasteiger partial charge in [0.15, 0.2) is 17.9 Å². The molecule has 0 aromatic heterocycles. The Bertz CT molecular complexity index is 742. The molecule has 3 saturated heterocycles. The Balaban J connectivity index is 1.19. The predicted octanol–water partition coefficient (Wildman–Crippen LogP) is 4.45. The molecule has 170 valence electrons. The van der Waals surface area contributed by atoms with Gasteiger partial charge in [-0.25, -0.2) is 0 Å². The Hall–Kier alpha value is -1.02. The van der Waals surface area contributed by atoms with Crippen LogP contribution in [0.3, 0.4) is 0 Å². The summed E-state index contributed by atoms with van der Waals surface area (Å²) in [4.78, 5) is 0. The van der Waals surface area contributed by atoms with Crippen molar-refractivity contribution in [1.82, 2.24) is 0 Å². The molecular weight excluding hydrogens is 396 g/mol. The van der Waals surface area contributed by atoms with Gasteiger partial charge in [0, 0.05) is 25.7 Å². The molecule has 5 atom stereocenters. The fraction of sp³-hybridized carbons (Fsp3) is 0.760. The van der Waals surface area contributed by atoms with E-state index in [4.69, 9.17) is 28.4 Å². The zero-order chi connectivity index (χ0) is 20.7. The lowest BCUT2D eigenvalue weighted by molar-refractivity contribution is -0.256. The van der Waals surface area contributed by atoms with Gasteiger partial charge in [-0.15, -0.1) is 0 Å². The molecule has 3 aliphatic heterocycles. The summed E-state index contributed by atoms with van der Waals surface area (Å²) in [5.41, 5.74) is 1.15. The molecule has 0 radical (unpaired) electrons. The van der Waals surface area contributed by atoms with Gasteiger partial charge >= 0.3 is 0 Å². The van der Waals surface area contributed by atoms with Crippen molar-refractivity contribution in [2.24, 2.45) is 0 Å². The van der Waals surface area contributed by atoms with Crippen LogP contribution in [-0.4, -0.2) is 48.9 Å². The van der Waals surface area contributed by atoms with Crippen LogP contribution >= 0.6 is 0 Å². The average Bonchev–Trinajstić information content (AvgIpc) is 3.34. The van der Waals surface area contributed by atoms with Crippen LogP contribution in [0.25, 0.3) is 0 Å². The van der Waals surface area contributed by atoms with E-state index >= 15 is 0 Å². The van der Waals surface area contributed by atoms with Gasteiger partial charge < -0.3 is 28.4 Å². The van der Waals surface area contributed by atoms with E-state index in [1.807, 2.05) is 18.2 Å². The summed E-state index contributed by atoms with van der Waals surface area (Å²) in [6.07, 6.45) is 9.60. The molecule has 5 aliphatic rings. The first kappa shape index (κ1) is 20.6. The molecule has 0 N–H and O–H groups in total. The second-order valence-electron chi connectivity index (χ2n) is 9.85. The third-order valence-electron chi connectivity index (χ3n) is 7.60. The van der Waals surface area contributed by atoms with Crippen molar-refractivity contribution >= 4 is 0 Å². The molecule has 6 heteroatoms. The van der Waals surface area contributed by atoms with Crippen LogP contribution in [0.15, 0.2) is 30.3 Å². The average molecular weight is 431 g/mol. The van der Waals surface area contributed by atoms with E-state index in [9.17, 15) is 0 Å². The molecule has 1 aromatic carbocycles. The Morgan fingerprint density at radius 1 is 0.710 bits per heavy atom. The minimum absolute atomic E-state index is 0.163. The van der Waals surface area contributed by atoms with Crippen molar-refractivity contribution in [3.8, 4) is 0 Å². The topological polar surface area (TPSA) is 55.4 Å². The van der Waals surface area contributed by atoms with Crippen molar-refractivity contribution in [2.45, 2.75) is 113 Å². The maximum absolute atomic E-state index is 6.67. The first-order chi connectivity index (χ1) is 15.2. The molecule has 2 spiro atoms.